The molecule has 3 heteroatoms. The molecule has 1 aromatic rings. The molecule has 0 spiro atoms. The molecule has 1 aromatic carbocycles. The van der Waals surface area contributed by atoms with Gasteiger partial charge in [-0.3, -0.25) is 0 Å². The summed E-state index contributed by atoms with van der Waals surface area (Å²) in [6.45, 7) is 6.20. The van der Waals surface area contributed by atoms with Crippen molar-refractivity contribution in [2.45, 2.75) is 44.6 Å². The quantitative estimate of drug-likeness (QED) is 0.638. The standard InChI is InChI=1S/C13H19NO2/c1-12(2,3)8-6-9(13(14)4-5-13)11(16)10(15)7-8/h6-7,15-16H,4-5,14H2,1-3H3. The van der Waals surface area contributed by atoms with Gasteiger partial charge in [0.1, 0.15) is 0 Å². The van der Waals surface area contributed by atoms with E-state index in [4.69, 9.17) is 5.73 Å². The van der Waals surface area contributed by atoms with E-state index in [1.165, 1.54) is 0 Å². The van der Waals surface area contributed by atoms with Gasteiger partial charge in [0.2, 0.25) is 0 Å². The largest absolute Gasteiger partial charge is 0.504 e. The SMILES string of the molecule is CC(C)(C)c1cc(O)c(O)c(C2(N)CC2)c1. The fourth-order valence-corrected chi connectivity index (χ4v) is 1.84. The topological polar surface area (TPSA) is 66.5 Å². The number of hydrogen-bond donors (Lipinski definition) is 3. The zero-order valence-corrected chi connectivity index (χ0v) is 10.0. The maximum atomic E-state index is 9.83. The van der Waals surface area contributed by atoms with Gasteiger partial charge in [0.15, 0.2) is 11.5 Å². The summed E-state index contributed by atoms with van der Waals surface area (Å²) in [4.78, 5) is 0. The van der Waals surface area contributed by atoms with Gasteiger partial charge in [0.25, 0.3) is 0 Å². The summed E-state index contributed by atoms with van der Waals surface area (Å²) in [7, 11) is 0. The molecule has 3 nitrogen and oxygen atoms in total. The molecule has 88 valence electrons. The van der Waals surface area contributed by atoms with Crippen molar-refractivity contribution in [3.05, 3.63) is 23.3 Å². The molecular weight excluding hydrogens is 202 g/mol. The predicted octanol–water partition coefficient (Wildman–Crippen LogP) is 2.34. The number of aromatic hydroxyl groups is 2. The highest BCUT2D eigenvalue weighted by Crippen LogP contribution is 2.49. The first-order valence-corrected chi connectivity index (χ1v) is 5.60. The van der Waals surface area contributed by atoms with Crippen LogP contribution in [0.1, 0.15) is 44.7 Å². The Morgan fingerprint density at radius 3 is 2.19 bits per heavy atom. The number of phenolic OH excluding ortho intramolecular Hbond substituents is 2. The average molecular weight is 221 g/mol. The molecule has 0 saturated heterocycles. The van der Waals surface area contributed by atoms with Crippen LogP contribution in [-0.4, -0.2) is 10.2 Å². The molecule has 0 unspecified atom stereocenters. The first-order valence-electron chi connectivity index (χ1n) is 5.60. The maximum Gasteiger partial charge on any atom is 0.162 e. The molecule has 0 amide bonds. The van der Waals surface area contributed by atoms with Crippen LogP contribution in [0.4, 0.5) is 0 Å². The fraction of sp³-hybridized carbons (Fsp3) is 0.538. The van der Waals surface area contributed by atoms with E-state index in [2.05, 4.69) is 20.8 Å². The Labute approximate surface area is 95.9 Å². The number of rotatable bonds is 1. The Balaban J connectivity index is 2.57. The van der Waals surface area contributed by atoms with E-state index < -0.39 is 5.54 Å². The van der Waals surface area contributed by atoms with Crippen molar-refractivity contribution in [1.29, 1.82) is 0 Å². The van der Waals surface area contributed by atoms with E-state index in [0.717, 1.165) is 18.4 Å². The minimum Gasteiger partial charge on any atom is -0.504 e. The molecule has 0 heterocycles. The molecule has 1 aliphatic rings. The summed E-state index contributed by atoms with van der Waals surface area (Å²) in [5.41, 5.74) is 7.26. The zero-order valence-electron chi connectivity index (χ0n) is 10.0. The van der Waals surface area contributed by atoms with Gasteiger partial charge in [-0.05, 0) is 36.0 Å². The average Bonchev–Trinajstić information content (AvgIpc) is 2.87. The van der Waals surface area contributed by atoms with E-state index in [9.17, 15) is 10.2 Å². The molecule has 0 aromatic heterocycles. The molecule has 0 aliphatic heterocycles. The van der Waals surface area contributed by atoms with Crippen LogP contribution in [-0.2, 0) is 11.0 Å². The van der Waals surface area contributed by atoms with Crippen molar-refractivity contribution in [1.82, 2.24) is 0 Å². The summed E-state index contributed by atoms with van der Waals surface area (Å²) >= 11 is 0. The van der Waals surface area contributed by atoms with E-state index in [1.807, 2.05) is 6.07 Å². The van der Waals surface area contributed by atoms with Crippen LogP contribution in [0.25, 0.3) is 0 Å². The Hall–Kier alpha value is -1.22. The molecule has 1 saturated carbocycles. The second kappa shape index (κ2) is 3.14. The van der Waals surface area contributed by atoms with Crippen molar-refractivity contribution >= 4 is 0 Å². The Kier molecular flexibility index (Phi) is 2.21. The third-order valence-electron chi connectivity index (χ3n) is 3.28. The minimum atomic E-state index is -0.428. The van der Waals surface area contributed by atoms with Crippen molar-refractivity contribution in [3.63, 3.8) is 0 Å². The molecule has 16 heavy (non-hydrogen) atoms. The van der Waals surface area contributed by atoms with Crippen molar-refractivity contribution in [2.75, 3.05) is 0 Å². The highest BCUT2D eigenvalue weighted by atomic mass is 16.3. The van der Waals surface area contributed by atoms with Crippen LogP contribution in [0.5, 0.6) is 11.5 Å². The first-order chi connectivity index (χ1) is 7.24. The van der Waals surface area contributed by atoms with Gasteiger partial charge in [-0.1, -0.05) is 20.8 Å². The lowest BCUT2D eigenvalue weighted by molar-refractivity contribution is 0.392. The van der Waals surface area contributed by atoms with Crippen molar-refractivity contribution in [2.24, 2.45) is 5.73 Å². The van der Waals surface area contributed by atoms with Gasteiger partial charge in [-0.2, -0.15) is 0 Å². The molecule has 0 bridgehead atoms. The van der Waals surface area contributed by atoms with Crippen LogP contribution in [0.15, 0.2) is 12.1 Å². The van der Waals surface area contributed by atoms with E-state index in [-0.39, 0.29) is 16.9 Å². The normalized spacial score (nSPS) is 18.5. The summed E-state index contributed by atoms with van der Waals surface area (Å²) < 4.78 is 0. The lowest BCUT2D eigenvalue weighted by Crippen LogP contribution is -2.20. The van der Waals surface area contributed by atoms with Gasteiger partial charge in [-0.25, -0.2) is 0 Å². The third kappa shape index (κ3) is 1.76. The predicted molar refractivity (Wildman–Crippen MR) is 63.6 cm³/mol. The van der Waals surface area contributed by atoms with Gasteiger partial charge < -0.3 is 15.9 Å². The van der Waals surface area contributed by atoms with Crippen LogP contribution >= 0.6 is 0 Å². The second-order valence-corrected chi connectivity index (χ2v) is 5.80. The minimum absolute atomic E-state index is 0.0620. The van der Waals surface area contributed by atoms with Crippen LogP contribution in [0, 0.1) is 0 Å². The summed E-state index contributed by atoms with van der Waals surface area (Å²) in [5.74, 6) is -0.132. The second-order valence-electron chi connectivity index (χ2n) is 5.80. The van der Waals surface area contributed by atoms with Crippen LogP contribution in [0.3, 0.4) is 0 Å². The highest BCUT2D eigenvalue weighted by molar-refractivity contribution is 5.53. The molecular formula is C13H19NO2. The van der Waals surface area contributed by atoms with Crippen LogP contribution < -0.4 is 5.73 Å². The monoisotopic (exact) mass is 221 g/mol. The molecule has 4 N–H and O–H groups in total. The molecule has 1 aliphatic carbocycles. The van der Waals surface area contributed by atoms with E-state index in [1.54, 1.807) is 6.07 Å². The number of hydrogen-bond acceptors (Lipinski definition) is 3. The van der Waals surface area contributed by atoms with Gasteiger partial charge in [0.05, 0.1) is 0 Å². The highest BCUT2D eigenvalue weighted by Gasteiger charge is 2.43. The molecule has 2 rings (SSSR count). The summed E-state index contributed by atoms with van der Waals surface area (Å²) in [6, 6.07) is 3.53. The van der Waals surface area contributed by atoms with Gasteiger partial charge in [-0.15, -0.1) is 0 Å². The van der Waals surface area contributed by atoms with Crippen molar-refractivity contribution < 1.29 is 10.2 Å². The summed E-state index contributed by atoms with van der Waals surface area (Å²) in [6.07, 6.45) is 1.74. The number of benzene rings is 1. The molecule has 0 atom stereocenters. The fourth-order valence-electron chi connectivity index (χ4n) is 1.84. The lowest BCUT2D eigenvalue weighted by atomic mass is 9.84. The van der Waals surface area contributed by atoms with Crippen LogP contribution in [0.2, 0.25) is 0 Å². The number of nitrogens with two attached hydrogens (primary N) is 1. The third-order valence-corrected chi connectivity index (χ3v) is 3.28. The Morgan fingerprint density at radius 2 is 1.75 bits per heavy atom. The first kappa shape index (κ1) is 11.3. The van der Waals surface area contributed by atoms with E-state index in [0.29, 0.717) is 5.56 Å². The number of phenols is 2. The Bertz CT molecular complexity index is 428. The zero-order chi connectivity index (χ0) is 12.1. The smallest absolute Gasteiger partial charge is 0.162 e. The molecule has 0 radical (unpaired) electrons. The maximum absolute atomic E-state index is 9.83. The van der Waals surface area contributed by atoms with E-state index >= 15 is 0 Å². The summed E-state index contributed by atoms with van der Waals surface area (Å²) in [5, 5.41) is 19.6. The Morgan fingerprint density at radius 1 is 1.19 bits per heavy atom. The van der Waals surface area contributed by atoms with Crippen molar-refractivity contribution in [3.8, 4) is 11.5 Å². The van der Waals surface area contributed by atoms with Gasteiger partial charge >= 0.3 is 0 Å². The van der Waals surface area contributed by atoms with Gasteiger partial charge in [0, 0.05) is 11.1 Å². The molecule has 1 fully saturated rings. The lowest BCUT2D eigenvalue weighted by Gasteiger charge is -2.22.